The standard InChI is InChI=1S/C10H17NO2/c1-2-13-9(12)6-8-7-11-10(8)4-3-5-10/h8,11H,2-7H2,1H3. The molecule has 1 saturated heterocycles. The molecular formula is C10H17NO2. The number of ether oxygens (including phenoxy) is 1. The normalized spacial score (nSPS) is 29.2. The number of hydrogen-bond acceptors (Lipinski definition) is 3. The van der Waals surface area contributed by atoms with Crippen molar-refractivity contribution in [1.29, 1.82) is 0 Å². The van der Waals surface area contributed by atoms with Crippen molar-refractivity contribution in [1.82, 2.24) is 5.32 Å². The lowest BCUT2D eigenvalue weighted by molar-refractivity contribution is -0.147. The van der Waals surface area contributed by atoms with Crippen LogP contribution >= 0.6 is 0 Å². The van der Waals surface area contributed by atoms with Crippen LogP contribution in [-0.4, -0.2) is 24.7 Å². The summed E-state index contributed by atoms with van der Waals surface area (Å²) in [6.45, 7) is 3.36. The van der Waals surface area contributed by atoms with Gasteiger partial charge < -0.3 is 10.1 Å². The van der Waals surface area contributed by atoms with E-state index >= 15 is 0 Å². The van der Waals surface area contributed by atoms with Gasteiger partial charge in [0.15, 0.2) is 0 Å². The average molecular weight is 183 g/mol. The fourth-order valence-corrected chi connectivity index (χ4v) is 2.37. The Kier molecular flexibility index (Phi) is 2.28. The van der Waals surface area contributed by atoms with Crippen LogP contribution < -0.4 is 5.32 Å². The SMILES string of the molecule is CCOC(=O)CC1CNC12CCC2. The number of carbonyl (C=O) groups excluding carboxylic acids is 1. The molecule has 1 N–H and O–H groups in total. The van der Waals surface area contributed by atoms with E-state index in [9.17, 15) is 4.79 Å². The Hall–Kier alpha value is -0.570. The van der Waals surface area contributed by atoms with Crippen molar-refractivity contribution >= 4 is 5.97 Å². The first-order valence-electron chi connectivity index (χ1n) is 5.17. The molecular weight excluding hydrogens is 166 g/mol. The van der Waals surface area contributed by atoms with Gasteiger partial charge in [0.05, 0.1) is 13.0 Å². The Morgan fingerprint density at radius 3 is 2.77 bits per heavy atom. The average Bonchev–Trinajstić information content (AvgIpc) is 1.96. The van der Waals surface area contributed by atoms with E-state index in [0.29, 0.717) is 24.5 Å². The van der Waals surface area contributed by atoms with Gasteiger partial charge in [-0.3, -0.25) is 4.79 Å². The zero-order valence-electron chi connectivity index (χ0n) is 8.14. The zero-order chi connectivity index (χ0) is 9.31. The second kappa shape index (κ2) is 3.29. The zero-order valence-corrected chi connectivity index (χ0v) is 8.14. The molecule has 1 saturated carbocycles. The molecule has 2 rings (SSSR count). The molecule has 0 bridgehead atoms. The molecule has 13 heavy (non-hydrogen) atoms. The molecule has 1 unspecified atom stereocenters. The number of hydrogen-bond donors (Lipinski definition) is 1. The summed E-state index contributed by atoms with van der Waals surface area (Å²) in [5.41, 5.74) is 0.340. The fourth-order valence-electron chi connectivity index (χ4n) is 2.37. The first-order chi connectivity index (χ1) is 6.27. The van der Waals surface area contributed by atoms with E-state index in [1.54, 1.807) is 0 Å². The fraction of sp³-hybridized carbons (Fsp3) is 0.900. The van der Waals surface area contributed by atoms with Gasteiger partial charge in [0.2, 0.25) is 0 Å². The van der Waals surface area contributed by atoms with Crippen molar-refractivity contribution < 1.29 is 9.53 Å². The number of carbonyl (C=O) groups is 1. The van der Waals surface area contributed by atoms with Crippen molar-refractivity contribution in [3.05, 3.63) is 0 Å². The molecule has 1 aliphatic heterocycles. The summed E-state index contributed by atoms with van der Waals surface area (Å²) in [6, 6.07) is 0. The van der Waals surface area contributed by atoms with Gasteiger partial charge in [0.1, 0.15) is 0 Å². The molecule has 3 nitrogen and oxygen atoms in total. The minimum absolute atomic E-state index is 0.0275. The van der Waals surface area contributed by atoms with Gasteiger partial charge in [-0.2, -0.15) is 0 Å². The van der Waals surface area contributed by atoms with Crippen LogP contribution in [0.2, 0.25) is 0 Å². The van der Waals surface area contributed by atoms with E-state index in [4.69, 9.17) is 4.74 Å². The maximum atomic E-state index is 11.2. The molecule has 0 aromatic heterocycles. The third-order valence-corrected chi connectivity index (χ3v) is 3.45. The van der Waals surface area contributed by atoms with Gasteiger partial charge in [0, 0.05) is 12.1 Å². The van der Waals surface area contributed by atoms with E-state index in [2.05, 4.69) is 5.32 Å². The molecule has 1 atom stereocenters. The van der Waals surface area contributed by atoms with Crippen molar-refractivity contribution in [3.8, 4) is 0 Å². The lowest BCUT2D eigenvalue weighted by atomic mass is 9.62. The van der Waals surface area contributed by atoms with Gasteiger partial charge in [-0.15, -0.1) is 0 Å². The van der Waals surface area contributed by atoms with E-state index in [1.807, 2.05) is 6.92 Å². The summed E-state index contributed by atoms with van der Waals surface area (Å²) in [5, 5.41) is 3.45. The summed E-state index contributed by atoms with van der Waals surface area (Å²) >= 11 is 0. The maximum absolute atomic E-state index is 11.2. The van der Waals surface area contributed by atoms with E-state index in [-0.39, 0.29) is 5.97 Å². The summed E-state index contributed by atoms with van der Waals surface area (Å²) in [7, 11) is 0. The molecule has 0 radical (unpaired) electrons. The summed E-state index contributed by atoms with van der Waals surface area (Å²) in [6.07, 6.45) is 4.42. The topological polar surface area (TPSA) is 38.3 Å². The second-order valence-corrected chi connectivity index (χ2v) is 4.10. The van der Waals surface area contributed by atoms with Gasteiger partial charge >= 0.3 is 5.97 Å². The van der Waals surface area contributed by atoms with Crippen LogP contribution in [0.15, 0.2) is 0 Å². The largest absolute Gasteiger partial charge is 0.466 e. The molecule has 3 heteroatoms. The highest BCUT2D eigenvalue weighted by molar-refractivity contribution is 5.70. The predicted octanol–water partition coefficient (Wildman–Crippen LogP) is 1.08. The minimum Gasteiger partial charge on any atom is -0.466 e. The minimum atomic E-state index is -0.0275. The molecule has 74 valence electrons. The maximum Gasteiger partial charge on any atom is 0.306 e. The van der Waals surface area contributed by atoms with Crippen molar-refractivity contribution in [2.75, 3.05) is 13.2 Å². The van der Waals surface area contributed by atoms with Crippen LogP contribution in [0.4, 0.5) is 0 Å². The molecule has 1 aliphatic carbocycles. The lowest BCUT2D eigenvalue weighted by Crippen LogP contribution is -2.69. The second-order valence-electron chi connectivity index (χ2n) is 4.10. The highest BCUT2D eigenvalue weighted by atomic mass is 16.5. The van der Waals surface area contributed by atoms with Crippen molar-refractivity contribution in [2.45, 2.75) is 38.1 Å². The van der Waals surface area contributed by atoms with Gasteiger partial charge in [-0.25, -0.2) is 0 Å². The van der Waals surface area contributed by atoms with E-state index in [0.717, 1.165) is 6.54 Å². The van der Waals surface area contributed by atoms with Crippen LogP contribution in [0.3, 0.4) is 0 Å². The van der Waals surface area contributed by atoms with Crippen molar-refractivity contribution in [2.24, 2.45) is 5.92 Å². The Labute approximate surface area is 78.8 Å². The Morgan fingerprint density at radius 1 is 1.62 bits per heavy atom. The predicted molar refractivity (Wildman–Crippen MR) is 49.3 cm³/mol. The highest BCUT2D eigenvalue weighted by Gasteiger charge is 2.50. The third kappa shape index (κ3) is 1.46. The number of rotatable bonds is 3. The first-order valence-corrected chi connectivity index (χ1v) is 5.17. The van der Waals surface area contributed by atoms with Gasteiger partial charge in [-0.05, 0) is 32.1 Å². The van der Waals surface area contributed by atoms with Gasteiger partial charge in [-0.1, -0.05) is 0 Å². The van der Waals surface area contributed by atoms with Crippen LogP contribution in [0, 0.1) is 5.92 Å². The van der Waals surface area contributed by atoms with E-state index in [1.165, 1.54) is 19.3 Å². The number of esters is 1. The van der Waals surface area contributed by atoms with Crippen LogP contribution in [0.25, 0.3) is 0 Å². The Morgan fingerprint density at radius 2 is 2.38 bits per heavy atom. The van der Waals surface area contributed by atoms with Crippen LogP contribution in [-0.2, 0) is 9.53 Å². The quantitative estimate of drug-likeness (QED) is 0.665. The monoisotopic (exact) mass is 183 g/mol. The number of nitrogens with one attached hydrogen (secondary N) is 1. The molecule has 1 heterocycles. The van der Waals surface area contributed by atoms with Crippen LogP contribution in [0.1, 0.15) is 32.6 Å². The molecule has 0 aromatic rings. The summed E-state index contributed by atoms with van der Waals surface area (Å²) < 4.78 is 4.94. The van der Waals surface area contributed by atoms with Crippen LogP contribution in [0.5, 0.6) is 0 Å². The lowest BCUT2D eigenvalue weighted by Gasteiger charge is -2.56. The molecule has 1 spiro atoms. The Balaban J connectivity index is 1.79. The molecule has 2 aliphatic rings. The summed E-state index contributed by atoms with van der Waals surface area (Å²) in [4.78, 5) is 11.2. The Bertz CT molecular complexity index is 205. The molecule has 0 aromatic carbocycles. The van der Waals surface area contributed by atoms with Crippen molar-refractivity contribution in [3.63, 3.8) is 0 Å². The molecule has 2 fully saturated rings. The molecule has 0 amide bonds. The summed E-state index contributed by atoms with van der Waals surface area (Å²) in [5.74, 6) is 0.514. The smallest absolute Gasteiger partial charge is 0.306 e. The third-order valence-electron chi connectivity index (χ3n) is 3.45. The van der Waals surface area contributed by atoms with E-state index < -0.39 is 0 Å². The van der Waals surface area contributed by atoms with Gasteiger partial charge in [0.25, 0.3) is 0 Å². The first kappa shape index (κ1) is 9.00. The highest BCUT2D eigenvalue weighted by Crippen LogP contribution is 2.45.